The molecular weight excluding hydrogens is 210 g/mol. The van der Waals surface area contributed by atoms with Crippen molar-refractivity contribution in [2.45, 2.75) is 33.2 Å². The quantitative estimate of drug-likeness (QED) is 0.755. The van der Waals surface area contributed by atoms with Gasteiger partial charge in [0.25, 0.3) is 0 Å². The summed E-state index contributed by atoms with van der Waals surface area (Å²) in [7, 11) is 2.11. The van der Waals surface area contributed by atoms with E-state index in [0.717, 1.165) is 25.9 Å². The molecule has 1 rings (SSSR count). The van der Waals surface area contributed by atoms with Gasteiger partial charge in [0.2, 0.25) is 0 Å². The summed E-state index contributed by atoms with van der Waals surface area (Å²) in [5, 5.41) is 8.92. The third-order valence-electron chi connectivity index (χ3n) is 2.85. The first kappa shape index (κ1) is 13.7. The Balaban J connectivity index is 2.27. The Morgan fingerprint density at radius 2 is 2.00 bits per heavy atom. The number of rotatable bonds is 6. The summed E-state index contributed by atoms with van der Waals surface area (Å²) in [6.07, 6.45) is 5.65. The van der Waals surface area contributed by atoms with E-state index in [4.69, 9.17) is 5.26 Å². The van der Waals surface area contributed by atoms with E-state index in [1.165, 1.54) is 5.56 Å². The SMILES string of the molecule is CN(CCCC(C)(C)C#N)Cc1ccncc1. The molecule has 17 heavy (non-hydrogen) atoms. The van der Waals surface area contributed by atoms with Crippen LogP contribution < -0.4 is 0 Å². The lowest BCUT2D eigenvalue weighted by Gasteiger charge is -2.19. The average Bonchev–Trinajstić information content (AvgIpc) is 2.30. The highest BCUT2D eigenvalue weighted by Crippen LogP contribution is 2.20. The first-order chi connectivity index (χ1) is 8.03. The first-order valence-electron chi connectivity index (χ1n) is 6.02. The van der Waals surface area contributed by atoms with Crippen molar-refractivity contribution in [3.63, 3.8) is 0 Å². The Hall–Kier alpha value is -1.40. The molecule has 0 saturated carbocycles. The Morgan fingerprint density at radius 3 is 2.59 bits per heavy atom. The molecule has 92 valence electrons. The zero-order chi connectivity index (χ0) is 12.7. The summed E-state index contributed by atoms with van der Waals surface area (Å²) in [5.74, 6) is 0. The third-order valence-corrected chi connectivity index (χ3v) is 2.85. The predicted octanol–water partition coefficient (Wildman–Crippen LogP) is 2.84. The van der Waals surface area contributed by atoms with Gasteiger partial charge in [0, 0.05) is 18.9 Å². The second-order valence-corrected chi connectivity index (χ2v) is 5.19. The second kappa shape index (κ2) is 6.36. The summed E-state index contributed by atoms with van der Waals surface area (Å²) in [5.41, 5.74) is 1.08. The van der Waals surface area contributed by atoms with E-state index < -0.39 is 0 Å². The predicted molar refractivity (Wildman–Crippen MR) is 69.2 cm³/mol. The van der Waals surface area contributed by atoms with E-state index in [0.29, 0.717) is 0 Å². The fourth-order valence-corrected chi connectivity index (χ4v) is 1.73. The van der Waals surface area contributed by atoms with Crippen molar-refractivity contribution in [1.29, 1.82) is 5.26 Å². The Kier molecular flexibility index (Phi) is 5.11. The lowest BCUT2D eigenvalue weighted by molar-refractivity contribution is 0.298. The number of nitriles is 1. The van der Waals surface area contributed by atoms with Crippen LogP contribution in [-0.4, -0.2) is 23.5 Å². The van der Waals surface area contributed by atoms with Crippen molar-refractivity contribution in [1.82, 2.24) is 9.88 Å². The van der Waals surface area contributed by atoms with Crippen molar-refractivity contribution in [3.05, 3.63) is 30.1 Å². The maximum Gasteiger partial charge on any atom is 0.0683 e. The maximum atomic E-state index is 8.92. The van der Waals surface area contributed by atoms with Crippen LogP contribution in [0.15, 0.2) is 24.5 Å². The van der Waals surface area contributed by atoms with Gasteiger partial charge in [0.1, 0.15) is 0 Å². The fourth-order valence-electron chi connectivity index (χ4n) is 1.73. The van der Waals surface area contributed by atoms with E-state index in [1.807, 2.05) is 38.4 Å². The lowest BCUT2D eigenvalue weighted by Crippen LogP contribution is -2.20. The van der Waals surface area contributed by atoms with Crippen molar-refractivity contribution in [2.75, 3.05) is 13.6 Å². The van der Waals surface area contributed by atoms with Crippen LogP contribution in [0, 0.1) is 16.7 Å². The molecule has 0 fully saturated rings. The Bertz CT molecular complexity index is 365. The average molecular weight is 231 g/mol. The molecule has 0 amide bonds. The van der Waals surface area contributed by atoms with Gasteiger partial charge in [-0.05, 0) is 58.0 Å². The van der Waals surface area contributed by atoms with Crippen LogP contribution in [0.3, 0.4) is 0 Å². The molecule has 1 aromatic heterocycles. The molecule has 3 heteroatoms. The first-order valence-corrected chi connectivity index (χ1v) is 6.02. The van der Waals surface area contributed by atoms with Gasteiger partial charge < -0.3 is 4.90 Å². The van der Waals surface area contributed by atoms with Crippen molar-refractivity contribution in [3.8, 4) is 6.07 Å². The normalized spacial score (nSPS) is 11.5. The lowest BCUT2D eigenvalue weighted by atomic mass is 9.90. The molecule has 1 heterocycles. The maximum absolute atomic E-state index is 8.92. The molecule has 0 aliphatic heterocycles. The molecule has 0 atom stereocenters. The van der Waals surface area contributed by atoms with Crippen molar-refractivity contribution >= 4 is 0 Å². The molecule has 1 aromatic rings. The molecule has 3 nitrogen and oxygen atoms in total. The van der Waals surface area contributed by atoms with Gasteiger partial charge in [-0.15, -0.1) is 0 Å². The van der Waals surface area contributed by atoms with E-state index in [9.17, 15) is 0 Å². The minimum atomic E-state index is -0.197. The number of hydrogen-bond donors (Lipinski definition) is 0. The summed E-state index contributed by atoms with van der Waals surface area (Å²) in [4.78, 5) is 6.28. The van der Waals surface area contributed by atoms with Crippen LogP contribution in [0.1, 0.15) is 32.3 Å². The highest BCUT2D eigenvalue weighted by molar-refractivity contribution is 5.09. The Morgan fingerprint density at radius 1 is 1.35 bits per heavy atom. The summed E-state index contributed by atoms with van der Waals surface area (Å²) in [6.45, 7) is 5.95. The van der Waals surface area contributed by atoms with Gasteiger partial charge in [-0.2, -0.15) is 5.26 Å². The van der Waals surface area contributed by atoms with Crippen LogP contribution in [-0.2, 0) is 6.54 Å². The second-order valence-electron chi connectivity index (χ2n) is 5.19. The summed E-state index contributed by atoms with van der Waals surface area (Å²) in [6, 6.07) is 6.41. The Labute approximate surface area is 104 Å². The van der Waals surface area contributed by atoms with Gasteiger partial charge in [-0.25, -0.2) is 0 Å². The van der Waals surface area contributed by atoms with Crippen molar-refractivity contribution in [2.24, 2.45) is 5.41 Å². The standard InChI is InChI=1S/C14H21N3/c1-14(2,12-15)7-4-10-17(3)11-13-5-8-16-9-6-13/h5-6,8-9H,4,7,10-11H2,1-3H3. The third kappa shape index (κ3) is 5.46. The van der Waals surface area contributed by atoms with Gasteiger partial charge >= 0.3 is 0 Å². The molecule has 0 N–H and O–H groups in total. The van der Waals surface area contributed by atoms with Crippen LogP contribution >= 0.6 is 0 Å². The van der Waals surface area contributed by atoms with E-state index >= 15 is 0 Å². The molecule has 0 aliphatic rings. The smallest absolute Gasteiger partial charge is 0.0683 e. The van der Waals surface area contributed by atoms with Crippen LogP contribution in [0.4, 0.5) is 0 Å². The highest BCUT2D eigenvalue weighted by Gasteiger charge is 2.15. The molecule has 0 aromatic carbocycles. The highest BCUT2D eigenvalue weighted by atomic mass is 15.1. The molecule has 0 unspecified atom stereocenters. The number of hydrogen-bond acceptors (Lipinski definition) is 3. The van der Waals surface area contributed by atoms with Gasteiger partial charge in [-0.3, -0.25) is 4.98 Å². The number of nitrogens with zero attached hydrogens (tertiary/aromatic N) is 3. The van der Waals surface area contributed by atoms with E-state index in [1.54, 1.807) is 0 Å². The zero-order valence-corrected chi connectivity index (χ0v) is 11.0. The van der Waals surface area contributed by atoms with E-state index in [-0.39, 0.29) is 5.41 Å². The molecule has 0 saturated heterocycles. The molecular formula is C14H21N3. The van der Waals surface area contributed by atoms with E-state index in [2.05, 4.69) is 23.0 Å². The topological polar surface area (TPSA) is 39.9 Å². The fraction of sp³-hybridized carbons (Fsp3) is 0.571. The van der Waals surface area contributed by atoms with Gasteiger partial charge in [0.05, 0.1) is 11.5 Å². The van der Waals surface area contributed by atoms with Gasteiger partial charge in [0.15, 0.2) is 0 Å². The van der Waals surface area contributed by atoms with Gasteiger partial charge in [-0.1, -0.05) is 0 Å². The molecule has 0 aliphatic carbocycles. The molecule has 0 radical (unpaired) electrons. The number of pyridine rings is 1. The summed E-state index contributed by atoms with van der Waals surface area (Å²) < 4.78 is 0. The summed E-state index contributed by atoms with van der Waals surface area (Å²) >= 11 is 0. The molecule has 0 bridgehead atoms. The minimum Gasteiger partial charge on any atom is -0.302 e. The van der Waals surface area contributed by atoms with Crippen LogP contribution in [0.2, 0.25) is 0 Å². The van der Waals surface area contributed by atoms with Crippen LogP contribution in [0.5, 0.6) is 0 Å². The number of aromatic nitrogens is 1. The minimum absolute atomic E-state index is 0.197. The molecule has 0 spiro atoms. The van der Waals surface area contributed by atoms with Crippen molar-refractivity contribution < 1.29 is 0 Å². The van der Waals surface area contributed by atoms with Crippen LogP contribution in [0.25, 0.3) is 0 Å². The largest absolute Gasteiger partial charge is 0.302 e. The monoisotopic (exact) mass is 231 g/mol. The zero-order valence-electron chi connectivity index (χ0n) is 11.0.